The summed E-state index contributed by atoms with van der Waals surface area (Å²) in [5.41, 5.74) is 0. The van der Waals surface area contributed by atoms with Crippen molar-refractivity contribution in [3.8, 4) is 0 Å². The molecule has 0 aromatic carbocycles. The van der Waals surface area contributed by atoms with Crippen molar-refractivity contribution < 1.29 is 5.11 Å². The molecule has 1 unspecified atom stereocenters. The maximum absolute atomic E-state index is 9.17. The molecule has 0 aliphatic carbocycles. The summed E-state index contributed by atoms with van der Waals surface area (Å²) in [6, 6.07) is 0. The fourth-order valence-electron chi connectivity index (χ4n) is 1.24. The Morgan fingerprint density at radius 3 is 2.31 bits per heavy atom. The molecule has 78 valence electrons. The topological polar surface area (TPSA) is 44.1 Å². The molecule has 0 saturated heterocycles. The second-order valence-electron chi connectivity index (χ2n) is 3.42. The van der Waals surface area contributed by atoms with Gasteiger partial charge < -0.3 is 5.11 Å². The standard InChI is InChI=1S/C10H20ClNO/c1-2-3-4-5-6-7-8-9(13)10(11)12/h9,12-13H,2-8H2,1H3. The lowest BCUT2D eigenvalue weighted by molar-refractivity contribution is 0.228. The molecule has 0 rings (SSSR count). The highest BCUT2D eigenvalue weighted by molar-refractivity contribution is 6.65. The number of aliphatic hydroxyl groups is 1. The summed E-state index contributed by atoms with van der Waals surface area (Å²) in [7, 11) is 0. The van der Waals surface area contributed by atoms with Gasteiger partial charge in [0.05, 0.1) is 0 Å². The van der Waals surface area contributed by atoms with E-state index in [0.29, 0.717) is 6.42 Å². The molecule has 0 aliphatic rings. The first-order valence-corrected chi connectivity index (χ1v) is 5.48. The van der Waals surface area contributed by atoms with Crippen LogP contribution in [0.4, 0.5) is 0 Å². The Hall–Kier alpha value is -0.0800. The third-order valence-electron chi connectivity index (χ3n) is 2.12. The average Bonchev–Trinajstić information content (AvgIpc) is 2.10. The Balaban J connectivity index is 3.11. The first kappa shape index (κ1) is 12.9. The number of halogens is 1. The molecular formula is C10H20ClNO. The third kappa shape index (κ3) is 8.26. The van der Waals surface area contributed by atoms with E-state index >= 15 is 0 Å². The van der Waals surface area contributed by atoms with Gasteiger partial charge in [-0.05, 0) is 6.42 Å². The van der Waals surface area contributed by atoms with Crippen molar-refractivity contribution in [1.29, 1.82) is 5.41 Å². The van der Waals surface area contributed by atoms with Gasteiger partial charge in [-0.2, -0.15) is 0 Å². The van der Waals surface area contributed by atoms with Crippen LogP contribution in [0.2, 0.25) is 0 Å². The fourth-order valence-corrected chi connectivity index (χ4v) is 1.35. The smallest absolute Gasteiger partial charge is 0.126 e. The van der Waals surface area contributed by atoms with Crippen LogP contribution in [0.15, 0.2) is 0 Å². The summed E-state index contributed by atoms with van der Waals surface area (Å²) >= 11 is 5.32. The van der Waals surface area contributed by atoms with Gasteiger partial charge in [0.25, 0.3) is 0 Å². The van der Waals surface area contributed by atoms with Crippen LogP contribution in [0.3, 0.4) is 0 Å². The number of unbranched alkanes of at least 4 members (excludes halogenated alkanes) is 5. The van der Waals surface area contributed by atoms with E-state index in [1.165, 1.54) is 25.7 Å². The Morgan fingerprint density at radius 2 is 1.77 bits per heavy atom. The summed E-state index contributed by atoms with van der Waals surface area (Å²) in [4.78, 5) is 0. The second kappa shape index (κ2) is 8.52. The first-order valence-electron chi connectivity index (χ1n) is 5.10. The first-order chi connectivity index (χ1) is 6.18. The highest BCUT2D eigenvalue weighted by Gasteiger charge is 2.06. The molecule has 0 bridgehead atoms. The molecule has 2 nitrogen and oxygen atoms in total. The van der Waals surface area contributed by atoms with Crippen LogP contribution in [0.5, 0.6) is 0 Å². The van der Waals surface area contributed by atoms with E-state index < -0.39 is 6.10 Å². The van der Waals surface area contributed by atoms with Gasteiger partial charge in [-0.3, -0.25) is 5.41 Å². The van der Waals surface area contributed by atoms with E-state index in [2.05, 4.69) is 6.92 Å². The largest absolute Gasteiger partial charge is 0.386 e. The molecule has 0 radical (unpaired) electrons. The Morgan fingerprint density at radius 1 is 1.23 bits per heavy atom. The van der Waals surface area contributed by atoms with E-state index in [1.807, 2.05) is 0 Å². The molecule has 3 heteroatoms. The van der Waals surface area contributed by atoms with Crippen LogP contribution in [0.1, 0.15) is 51.9 Å². The Bertz CT molecular complexity index is 139. The van der Waals surface area contributed by atoms with Gasteiger partial charge in [-0.1, -0.05) is 57.0 Å². The zero-order valence-electron chi connectivity index (χ0n) is 8.35. The normalized spacial score (nSPS) is 12.8. The molecule has 0 aliphatic heterocycles. The summed E-state index contributed by atoms with van der Waals surface area (Å²) < 4.78 is 0. The number of hydrogen-bond donors (Lipinski definition) is 2. The maximum Gasteiger partial charge on any atom is 0.126 e. The summed E-state index contributed by atoms with van der Waals surface area (Å²) in [6.07, 6.45) is 7.09. The van der Waals surface area contributed by atoms with E-state index in [1.54, 1.807) is 0 Å². The van der Waals surface area contributed by atoms with Gasteiger partial charge in [-0.15, -0.1) is 0 Å². The molecule has 0 fully saturated rings. The minimum absolute atomic E-state index is 0.131. The Labute approximate surface area is 85.8 Å². The van der Waals surface area contributed by atoms with E-state index in [4.69, 9.17) is 17.0 Å². The molecule has 0 aromatic heterocycles. The predicted molar refractivity (Wildman–Crippen MR) is 57.6 cm³/mol. The van der Waals surface area contributed by atoms with Crippen LogP contribution in [0, 0.1) is 5.41 Å². The number of nitrogens with one attached hydrogen (secondary N) is 1. The quantitative estimate of drug-likeness (QED) is 0.464. The second-order valence-corrected chi connectivity index (χ2v) is 3.83. The summed E-state index contributed by atoms with van der Waals surface area (Å²) in [5, 5.41) is 16.0. The predicted octanol–water partition coefficient (Wildman–Crippen LogP) is 3.31. The summed E-state index contributed by atoms with van der Waals surface area (Å²) in [6.45, 7) is 2.19. The van der Waals surface area contributed by atoms with Crippen molar-refractivity contribution in [2.24, 2.45) is 0 Å². The van der Waals surface area contributed by atoms with Crippen LogP contribution < -0.4 is 0 Å². The van der Waals surface area contributed by atoms with Gasteiger partial charge in [0.1, 0.15) is 11.3 Å². The lowest BCUT2D eigenvalue weighted by atomic mass is 10.1. The molecule has 0 saturated carbocycles. The van der Waals surface area contributed by atoms with Crippen LogP contribution in [-0.2, 0) is 0 Å². The van der Waals surface area contributed by atoms with Crippen molar-refractivity contribution in [2.75, 3.05) is 0 Å². The van der Waals surface area contributed by atoms with Crippen molar-refractivity contribution in [3.05, 3.63) is 0 Å². The van der Waals surface area contributed by atoms with E-state index in [9.17, 15) is 5.11 Å². The minimum atomic E-state index is -0.729. The molecule has 2 N–H and O–H groups in total. The maximum atomic E-state index is 9.17. The Kier molecular flexibility index (Phi) is 8.46. The van der Waals surface area contributed by atoms with Gasteiger partial charge >= 0.3 is 0 Å². The lowest BCUT2D eigenvalue weighted by Crippen LogP contribution is -2.13. The lowest BCUT2D eigenvalue weighted by Gasteiger charge is -2.06. The van der Waals surface area contributed by atoms with Crippen LogP contribution >= 0.6 is 11.6 Å². The van der Waals surface area contributed by atoms with Crippen molar-refractivity contribution >= 4 is 16.8 Å². The molecule has 1 atom stereocenters. The molecule has 13 heavy (non-hydrogen) atoms. The SMILES string of the molecule is CCCCCCCCC(O)C(=N)Cl. The number of rotatable bonds is 8. The van der Waals surface area contributed by atoms with Crippen molar-refractivity contribution in [1.82, 2.24) is 0 Å². The van der Waals surface area contributed by atoms with Crippen molar-refractivity contribution in [3.63, 3.8) is 0 Å². The molecule has 0 heterocycles. The third-order valence-corrected chi connectivity index (χ3v) is 2.38. The summed E-state index contributed by atoms with van der Waals surface area (Å²) in [5.74, 6) is 0. The van der Waals surface area contributed by atoms with Gasteiger partial charge in [0.15, 0.2) is 0 Å². The van der Waals surface area contributed by atoms with Crippen molar-refractivity contribution in [2.45, 2.75) is 58.0 Å². The number of aliphatic hydroxyl groups excluding tert-OH is 1. The zero-order valence-corrected chi connectivity index (χ0v) is 9.11. The average molecular weight is 206 g/mol. The monoisotopic (exact) mass is 205 g/mol. The highest BCUT2D eigenvalue weighted by atomic mass is 35.5. The number of hydrogen-bond acceptors (Lipinski definition) is 2. The molecule has 0 aromatic rings. The van der Waals surface area contributed by atoms with Gasteiger partial charge in [-0.25, -0.2) is 0 Å². The van der Waals surface area contributed by atoms with Crippen LogP contribution in [0.25, 0.3) is 0 Å². The van der Waals surface area contributed by atoms with Crippen LogP contribution in [-0.4, -0.2) is 16.4 Å². The van der Waals surface area contributed by atoms with E-state index in [-0.39, 0.29) is 5.17 Å². The van der Waals surface area contributed by atoms with Gasteiger partial charge in [0, 0.05) is 0 Å². The van der Waals surface area contributed by atoms with Gasteiger partial charge in [0.2, 0.25) is 0 Å². The minimum Gasteiger partial charge on any atom is -0.386 e. The zero-order chi connectivity index (χ0) is 10.1. The fraction of sp³-hybridized carbons (Fsp3) is 0.900. The molecule has 0 amide bonds. The molecule has 0 spiro atoms. The molecular weight excluding hydrogens is 186 g/mol. The highest BCUT2D eigenvalue weighted by Crippen LogP contribution is 2.09. The van der Waals surface area contributed by atoms with E-state index in [0.717, 1.165) is 12.8 Å².